The fourth-order valence-electron chi connectivity index (χ4n) is 5.03. The molecule has 3 heterocycles. The summed E-state index contributed by atoms with van der Waals surface area (Å²) in [6, 6.07) is 11.1. The van der Waals surface area contributed by atoms with Crippen molar-refractivity contribution in [2.24, 2.45) is 5.92 Å². The monoisotopic (exact) mass is 649 g/mol. The van der Waals surface area contributed by atoms with Crippen molar-refractivity contribution >= 4 is 30.8 Å². The van der Waals surface area contributed by atoms with Gasteiger partial charge >= 0.3 is 6.03 Å². The molecule has 0 saturated carbocycles. The molecule has 1 saturated heterocycles. The van der Waals surface area contributed by atoms with Gasteiger partial charge in [-0.15, -0.1) is 14.1 Å². The van der Waals surface area contributed by atoms with Crippen molar-refractivity contribution in [1.29, 1.82) is 5.26 Å². The van der Waals surface area contributed by atoms with E-state index in [1.54, 1.807) is 29.0 Å². The first kappa shape index (κ1) is 32.9. The number of methoxy groups -OCH3 is 1. The Morgan fingerprint density at radius 2 is 1.91 bits per heavy atom. The van der Waals surface area contributed by atoms with Crippen LogP contribution >= 0.6 is 0 Å². The number of urea groups is 1. The highest BCUT2D eigenvalue weighted by Crippen LogP contribution is 2.42. The number of amides is 2. The summed E-state index contributed by atoms with van der Waals surface area (Å²) in [5.41, 5.74) is 1.72. The maximum absolute atomic E-state index is 15.4. The first-order valence-electron chi connectivity index (χ1n) is 14.9. The average molecular weight is 650 g/mol. The predicted molar refractivity (Wildman–Crippen MR) is 173 cm³/mol. The van der Waals surface area contributed by atoms with Crippen LogP contribution in [0, 0.1) is 28.9 Å². The van der Waals surface area contributed by atoms with Crippen molar-refractivity contribution in [2.75, 3.05) is 32.2 Å². The third kappa shape index (κ3) is 7.30. The van der Waals surface area contributed by atoms with Crippen LogP contribution in [-0.4, -0.2) is 56.6 Å². The molecule has 2 N–H and O–H groups in total. The number of fused-ring (bicyclic) bond motifs is 1. The van der Waals surface area contributed by atoms with E-state index in [-0.39, 0.29) is 35.7 Å². The molecule has 0 aliphatic carbocycles. The molecule has 243 valence electrons. The van der Waals surface area contributed by atoms with Gasteiger partial charge in [-0.3, -0.25) is 0 Å². The molecular formula is C33H37F2N5O5Si-. The Hall–Kier alpha value is -4.51. The molecule has 2 aromatic heterocycles. The summed E-state index contributed by atoms with van der Waals surface area (Å²) in [6.07, 6.45) is 3.25. The van der Waals surface area contributed by atoms with Crippen LogP contribution in [0.25, 0.3) is 22.2 Å². The molecular weight excluding hydrogens is 612 g/mol. The number of halogens is 2. The Morgan fingerprint density at radius 3 is 2.54 bits per heavy atom. The summed E-state index contributed by atoms with van der Waals surface area (Å²) in [7, 11) is 0.146. The summed E-state index contributed by atoms with van der Waals surface area (Å²) in [5.74, 6) is -2.02. The number of rotatable bonds is 12. The number of hydrogen-bond donors (Lipinski definition) is 2. The lowest BCUT2D eigenvalue weighted by Crippen LogP contribution is -2.47. The summed E-state index contributed by atoms with van der Waals surface area (Å²) in [6.45, 7) is 10.5. The number of ether oxygens (including phenoxy) is 4. The van der Waals surface area contributed by atoms with Gasteiger partial charge in [-0.05, 0) is 19.1 Å². The number of nitrogens with zero attached hydrogens (tertiary/aromatic N) is 3. The maximum atomic E-state index is 15.4. The molecule has 0 bridgehead atoms. The first-order valence-corrected chi connectivity index (χ1v) is 18.6. The van der Waals surface area contributed by atoms with Gasteiger partial charge in [-0.2, -0.15) is 24.9 Å². The molecule has 4 aromatic rings. The molecule has 1 aliphatic rings. The summed E-state index contributed by atoms with van der Waals surface area (Å²) in [4.78, 5) is 17.0. The van der Waals surface area contributed by atoms with Crippen LogP contribution in [0.2, 0.25) is 25.7 Å². The van der Waals surface area contributed by atoms with Crippen LogP contribution in [-0.2, 0) is 16.2 Å². The highest BCUT2D eigenvalue weighted by Gasteiger charge is 2.27. The van der Waals surface area contributed by atoms with E-state index in [2.05, 4.69) is 41.3 Å². The second-order valence-corrected chi connectivity index (χ2v) is 18.0. The van der Waals surface area contributed by atoms with Gasteiger partial charge in [0.1, 0.15) is 35.5 Å². The Bertz CT molecular complexity index is 1760. The minimum Gasteiger partial charge on any atom is -0.495 e. The SMILES string of the molecule is COc1cccc(-c2cn(COCC[Si-](C)(C)C)c3nccc(Oc4c(F)cc(NC(=O)NC(C)C5COC5)cc4F)c23)c1C#N. The second kappa shape index (κ2) is 13.9. The molecule has 1 fully saturated rings. The normalized spacial score (nSPS) is 14.0. The van der Waals surface area contributed by atoms with Crippen molar-refractivity contribution < 1.29 is 32.5 Å². The van der Waals surface area contributed by atoms with Gasteiger partial charge in [0.15, 0.2) is 17.4 Å². The molecule has 13 heteroatoms. The number of carbonyl (C=O) groups is 1. The zero-order valence-corrected chi connectivity index (χ0v) is 27.4. The van der Waals surface area contributed by atoms with Crippen molar-refractivity contribution in [2.45, 2.75) is 45.4 Å². The van der Waals surface area contributed by atoms with E-state index < -0.39 is 31.5 Å². The Labute approximate surface area is 267 Å². The summed E-state index contributed by atoms with van der Waals surface area (Å²) < 4.78 is 55.1. The Balaban J connectivity index is 1.49. The van der Waals surface area contributed by atoms with Crippen molar-refractivity contribution in [1.82, 2.24) is 14.9 Å². The lowest BCUT2D eigenvalue weighted by atomic mass is 9.99. The molecule has 5 rings (SSSR count). The van der Waals surface area contributed by atoms with Crippen molar-refractivity contribution in [3.05, 3.63) is 66.0 Å². The van der Waals surface area contributed by atoms with E-state index in [1.807, 2.05) is 6.92 Å². The third-order valence-electron chi connectivity index (χ3n) is 7.79. The fraction of sp³-hybridized carbons (Fsp3) is 0.364. The van der Waals surface area contributed by atoms with Gasteiger partial charge in [-0.25, -0.2) is 18.6 Å². The van der Waals surface area contributed by atoms with Gasteiger partial charge in [0.05, 0.1) is 25.7 Å². The van der Waals surface area contributed by atoms with Crippen LogP contribution in [0.15, 0.2) is 48.8 Å². The number of anilines is 1. The Kier molecular flexibility index (Phi) is 9.90. The largest absolute Gasteiger partial charge is 0.495 e. The van der Waals surface area contributed by atoms with Gasteiger partial charge in [0.2, 0.25) is 0 Å². The van der Waals surface area contributed by atoms with Crippen LogP contribution in [0.3, 0.4) is 0 Å². The van der Waals surface area contributed by atoms with E-state index in [4.69, 9.17) is 18.9 Å². The van der Waals surface area contributed by atoms with Crippen molar-refractivity contribution in [3.63, 3.8) is 0 Å². The number of nitriles is 1. The van der Waals surface area contributed by atoms with E-state index in [9.17, 15) is 10.1 Å². The molecule has 10 nitrogen and oxygen atoms in total. The van der Waals surface area contributed by atoms with Crippen LogP contribution in [0.4, 0.5) is 19.3 Å². The minimum atomic E-state index is -1.33. The standard InChI is InChI=1S/C33H37F2N5O5Si/c1-20(21-17-44-18-21)38-33(41)39-22-13-26(34)31(27(35)14-22)45-29-9-10-37-32-30(29)25(16-40(32)19-43-11-12-46(3,4)5)23-7-6-8-28(42-2)24(23)15-36/h6-10,13-14,16,20-21H,11-12,17-19H2,1-5H3,(H2,38,39,41)/q-1. The quantitative estimate of drug-likeness (QED) is 0.124. The van der Waals surface area contributed by atoms with Gasteiger partial charge < -0.3 is 34.1 Å². The number of hydrogen-bond acceptors (Lipinski definition) is 7. The molecule has 1 unspecified atom stereocenters. The molecule has 0 radical (unpaired) electrons. The van der Waals surface area contributed by atoms with Crippen LogP contribution < -0.4 is 20.1 Å². The van der Waals surface area contributed by atoms with Crippen molar-refractivity contribution in [3.8, 4) is 34.4 Å². The lowest BCUT2D eigenvalue weighted by Gasteiger charge is -2.31. The highest BCUT2D eigenvalue weighted by atomic mass is 28.3. The smallest absolute Gasteiger partial charge is 0.319 e. The zero-order chi connectivity index (χ0) is 33.0. The average Bonchev–Trinajstić information content (AvgIpc) is 3.34. The molecule has 2 aromatic carbocycles. The maximum Gasteiger partial charge on any atom is 0.319 e. The van der Waals surface area contributed by atoms with Crippen LogP contribution in [0.1, 0.15) is 12.5 Å². The minimum absolute atomic E-state index is 0.0749. The van der Waals surface area contributed by atoms with Crippen LogP contribution in [0.5, 0.6) is 17.2 Å². The highest BCUT2D eigenvalue weighted by molar-refractivity contribution is 6.76. The molecule has 2 amide bonds. The van der Waals surface area contributed by atoms with Gasteiger partial charge in [0, 0.05) is 59.9 Å². The fourth-order valence-corrected chi connectivity index (χ4v) is 5.79. The topological polar surface area (TPSA) is 120 Å². The van der Waals surface area contributed by atoms with Gasteiger partial charge in [0.25, 0.3) is 0 Å². The number of benzene rings is 2. The number of pyridine rings is 1. The van der Waals surface area contributed by atoms with Gasteiger partial charge in [-0.1, -0.05) is 12.1 Å². The van der Waals surface area contributed by atoms with E-state index in [0.717, 1.165) is 18.2 Å². The third-order valence-corrected chi connectivity index (χ3v) is 9.50. The second-order valence-electron chi connectivity index (χ2n) is 12.4. The molecule has 1 aliphatic heterocycles. The number of aromatic nitrogens is 2. The predicted octanol–water partition coefficient (Wildman–Crippen LogP) is 7.12. The molecule has 1 atom stereocenters. The van der Waals surface area contributed by atoms with E-state index >= 15 is 8.78 Å². The number of nitrogens with one attached hydrogen (secondary N) is 2. The zero-order valence-electron chi connectivity index (χ0n) is 26.4. The Morgan fingerprint density at radius 1 is 1.17 bits per heavy atom. The summed E-state index contributed by atoms with van der Waals surface area (Å²) >= 11 is 0. The lowest BCUT2D eigenvalue weighted by molar-refractivity contribution is -0.0444. The molecule has 0 spiro atoms. The van der Waals surface area contributed by atoms with E-state index in [0.29, 0.717) is 47.7 Å². The first-order chi connectivity index (χ1) is 22.0. The molecule has 46 heavy (non-hydrogen) atoms. The summed E-state index contributed by atoms with van der Waals surface area (Å²) in [5, 5.41) is 15.7. The van der Waals surface area contributed by atoms with E-state index in [1.165, 1.54) is 19.4 Å². The number of carbonyl (C=O) groups excluding carboxylic acids is 1.